The maximum atomic E-state index is 11.8. The molecule has 1 heterocycles. The van der Waals surface area contributed by atoms with Gasteiger partial charge in [-0.3, -0.25) is 10.1 Å². The molecular weight excluding hydrogens is 420 g/mol. The molecule has 0 aliphatic carbocycles. The van der Waals surface area contributed by atoms with E-state index in [0.29, 0.717) is 11.4 Å². The standard InChI is InChI=1S/C25H20N4O4/c1-16-7-3-4-8-18(16)15-33-24-22(29(30)31)12-17(13-23(24)32-2)11-19(14-26)25-27-20-9-5-6-10-21(20)28-25/h3-13H,15H2,1-2H3,(H,27,28)/b19-11-. The van der Waals surface area contributed by atoms with Gasteiger partial charge in [-0.1, -0.05) is 36.4 Å². The lowest BCUT2D eigenvalue weighted by Crippen LogP contribution is -2.03. The van der Waals surface area contributed by atoms with Gasteiger partial charge in [0.1, 0.15) is 18.5 Å². The van der Waals surface area contributed by atoms with Gasteiger partial charge in [0.25, 0.3) is 0 Å². The van der Waals surface area contributed by atoms with Crippen LogP contribution in [0.4, 0.5) is 5.69 Å². The number of nitro groups is 1. The lowest BCUT2D eigenvalue weighted by atomic mass is 10.1. The maximum absolute atomic E-state index is 11.8. The highest BCUT2D eigenvalue weighted by Crippen LogP contribution is 2.39. The van der Waals surface area contributed by atoms with Crippen molar-refractivity contribution in [2.75, 3.05) is 7.11 Å². The van der Waals surface area contributed by atoms with Gasteiger partial charge in [-0.2, -0.15) is 5.26 Å². The molecule has 3 aromatic carbocycles. The van der Waals surface area contributed by atoms with Crippen molar-refractivity contribution < 1.29 is 14.4 Å². The first-order valence-corrected chi connectivity index (χ1v) is 10.1. The van der Waals surface area contributed by atoms with Gasteiger partial charge >= 0.3 is 5.69 Å². The smallest absolute Gasteiger partial charge is 0.315 e. The van der Waals surface area contributed by atoms with E-state index in [1.165, 1.54) is 19.3 Å². The minimum absolute atomic E-state index is 0.0325. The number of fused-ring (bicyclic) bond motifs is 1. The average Bonchev–Trinajstić information content (AvgIpc) is 3.26. The van der Waals surface area contributed by atoms with Crippen LogP contribution in [0.1, 0.15) is 22.5 Å². The summed E-state index contributed by atoms with van der Waals surface area (Å²) >= 11 is 0. The van der Waals surface area contributed by atoms with Crippen LogP contribution in [0.3, 0.4) is 0 Å². The fourth-order valence-electron chi connectivity index (χ4n) is 3.45. The van der Waals surface area contributed by atoms with Gasteiger partial charge in [-0.25, -0.2) is 4.98 Å². The number of nitriles is 1. The van der Waals surface area contributed by atoms with E-state index in [0.717, 1.165) is 22.2 Å². The Balaban J connectivity index is 1.73. The zero-order chi connectivity index (χ0) is 23.4. The fourth-order valence-corrected chi connectivity index (χ4v) is 3.45. The van der Waals surface area contributed by atoms with Gasteiger partial charge in [0.2, 0.25) is 5.75 Å². The van der Waals surface area contributed by atoms with E-state index in [4.69, 9.17) is 9.47 Å². The van der Waals surface area contributed by atoms with Gasteiger partial charge in [0.15, 0.2) is 5.75 Å². The minimum atomic E-state index is -0.528. The molecule has 33 heavy (non-hydrogen) atoms. The molecule has 0 aliphatic heterocycles. The third-order valence-corrected chi connectivity index (χ3v) is 5.18. The molecule has 0 radical (unpaired) electrons. The van der Waals surface area contributed by atoms with Crippen molar-refractivity contribution in [3.63, 3.8) is 0 Å². The van der Waals surface area contributed by atoms with E-state index < -0.39 is 4.92 Å². The van der Waals surface area contributed by atoms with Crippen LogP contribution in [0.25, 0.3) is 22.7 Å². The summed E-state index contributed by atoms with van der Waals surface area (Å²) in [6.07, 6.45) is 1.53. The summed E-state index contributed by atoms with van der Waals surface area (Å²) in [7, 11) is 1.41. The molecule has 0 spiro atoms. The lowest BCUT2D eigenvalue weighted by molar-refractivity contribution is -0.386. The molecule has 0 saturated carbocycles. The van der Waals surface area contributed by atoms with E-state index in [2.05, 4.69) is 16.0 Å². The van der Waals surface area contributed by atoms with Crippen LogP contribution in [0.15, 0.2) is 60.7 Å². The number of rotatable bonds is 7. The number of allylic oxidation sites excluding steroid dienone is 1. The van der Waals surface area contributed by atoms with Gasteiger partial charge in [0.05, 0.1) is 28.6 Å². The second-order valence-electron chi connectivity index (χ2n) is 7.32. The van der Waals surface area contributed by atoms with Crippen LogP contribution in [-0.4, -0.2) is 22.0 Å². The molecule has 0 atom stereocenters. The number of imidazole rings is 1. The number of ether oxygens (including phenoxy) is 2. The first kappa shape index (κ1) is 21.6. The summed E-state index contributed by atoms with van der Waals surface area (Å²) in [5.41, 5.74) is 3.83. The number of hydrogen-bond donors (Lipinski definition) is 1. The van der Waals surface area contributed by atoms with Crippen LogP contribution >= 0.6 is 0 Å². The van der Waals surface area contributed by atoms with Crippen LogP contribution in [0, 0.1) is 28.4 Å². The predicted octanol–water partition coefficient (Wildman–Crippen LogP) is 5.43. The third kappa shape index (κ3) is 4.52. The van der Waals surface area contributed by atoms with E-state index in [-0.39, 0.29) is 29.4 Å². The Kier molecular flexibility index (Phi) is 6.04. The molecular formula is C25H20N4O4. The average molecular weight is 440 g/mol. The largest absolute Gasteiger partial charge is 0.493 e. The van der Waals surface area contributed by atoms with Crippen molar-refractivity contribution in [1.29, 1.82) is 5.26 Å². The maximum Gasteiger partial charge on any atom is 0.315 e. The third-order valence-electron chi connectivity index (χ3n) is 5.18. The molecule has 4 aromatic rings. The molecule has 0 amide bonds. The molecule has 0 unspecified atom stereocenters. The van der Waals surface area contributed by atoms with Crippen molar-refractivity contribution in [1.82, 2.24) is 9.97 Å². The number of hydrogen-bond acceptors (Lipinski definition) is 6. The number of nitrogens with zero attached hydrogens (tertiary/aromatic N) is 3. The zero-order valence-corrected chi connectivity index (χ0v) is 18.0. The molecule has 0 bridgehead atoms. The number of aromatic amines is 1. The first-order chi connectivity index (χ1) is 16.0. The summed E-state index contributed by atoms with van der Waals surface area (Å²) in [4.78, 5) is 18.8. The Bertz CT molecular complexity index is 1380. The van der Waals surface area contributed by atoms with Gasteiger partial charge < -0.3 is 14.5 Å². The number of aryl methyl sites for hydroxylation is 1. The van der Waals surface area contributed by atoms with Crippen molar-refractivity contribution in [3.8, 4) is 17.6 Å². The van der Waals surface area contributed by atoms with Gasteiger partial charge in [0, 0.05) is 6.07 Å². The number of methoxy groups -OCH3 is 1. The molecule has 8 nitrogen and oxygen atoms in total. The number of aromatic nitrogens is 2. The fraction of sp³-hybridized carbons (Fsp3) is 0.120. The highest BCUT2D eigenvalue weighted by Gasteiger charge is 2.23. The van der Waals surface area contributed by atoms with E-state index in [1.807, 2.05) is 55.5 Å². The predicted molar refractivity (Wildman–Crippen MR) is 125 cm³/mol. The molecule has 0 fully saturated rings. The Morgan fingerprint density at radius 3 is 2.67 bits per heavy atom. The summed E-state index contributed by atoms with van der Waals surface area (Å²) in [6, 6.07) is 20.1. The summed E-state index contributed by atoms with van der Waals surface area (Å²) in [5.74, 6) is 0.608. The number of para-hydroxylation sites is 2. The number of nitro benzene ring substituents is 1. The molecule has 1 aromatic heterocycles. The second kappa shape index (κ2) is 9.24. The van der Waals surface area contributed by atoms with Gasteiger partial charge in [-0.15, -0.1) is 0 Å². The Morgan fingerprint density at radius 2 is 1.97 bits per heavy atom. The highest BCUT2D eigenvalue weighted by atomic mass is 16.6. The SMILES string of the molecule is COc1cc(/C=C(/C#N)c2nc3ccccc3[nH]2)cc([N+](=O)[O-])c1OCc1ccccc1C. The molecule has 164 valence electrons. The molecule has 1 N–H and O–H groups in total. The van der Waals surface area contributed by atoms with E-state index >= 15 is 0 Å². The quantitative estimate of drug-likeness (QED) is 0.233. The number of nitrogens with one attached hydrogen (secondary N) is 1. The first-order valence-electron chi connectivity index (χ1n) is 10.1. The Hall–Kier alpha value is -4.64. The summed E-state index contributed by atoms with van der Waals surface area (Å²) in [6.45, 7) is 2.10. The Labute approximate surface area is 189 Å². The van der Waals surface area contributed by atoms with Gasteiger partial charge in [-0.05, 0) is 47.9 Å². The van der Waals surface area contributed by atoms with Crippen LogP contribution in [0.5, 0.6) is 11.5 Å². The zero-order valence-electron chi connectivity index (χ0n) is 18.0. The summed E-state index contributed by atoms with van der Waals surface area (Å²) < 4.78 is 11.2. The molecule has 0 saturated heterocycles. The lowest BCUT2D eigenvalue weighted by Gasteiger charge is -2.13. The van der Waals surface area contributed by atoms with Crippen molar-refractivity contribution in [3.05, 3.63) is 93.3 Å². The van der Waals surface area contributed by atoms with Crippen LogP contribution in [-0.2, 0) is 6.61 Å². The van der Waals surface area contributed by atoms with Crippen LogP contribution < -0.4 is 9.47 Å². The Morgan fingerprint density at radius 1 is 1.21 bits per heavy atom. The topological polar surface area (TPSA) is 114 Å². The van der Waals surface area contributed by atoms with E-state index in [1.54, 1.807) is 6.07 Å². The normalized spacial score (nSPS) is 11.2. The van der Waals surface area contributed by atoms with Crippen molar-refractivity contribution in [2.45, 2.75) is 13.5 Å². The molecule has 4 rings (SSSR count). The minimum Gasteiger partial charge on any atom is -0.493 e. The van der Waals surface area contributed by atoms with Crippen molar-refractivity contribution in [2.24, 2.45) is 0 Å². The molecule has 0 aliphatic rings. The number of H-pyrrole nitrogens is 1. The van der Waals surface area contributed by atoms with Crippen LogP contribution in [0.2, 0.25) is 0 Å². The number of benzene rings is 3. The van der Waals surface area contributed by atoms with Crippen molar-refractivity contribution >= 4 is 28.4 Å². The van der Waals surface area contributed by atoms with E-state index in [9.17, 15) is 15.4 Å². The molecule has 8 heteroatoms. The second-order valence-corrected chi connectivity index (χ2v) is 7.32. The monoisotopic (exact) mass is 440 g/mol. The highest BCUT2D eigenvalue weighted by molar-refractivity contribution is 5.91. The summed E-state index contributed by atoms with van der Waals surface area (Å²) in [5, 5.41) is 21.5.